The van der Waals surface area contributed by atoms with Crippen LogP contribution in [0.3, 0.4) is 0 Å². The van der Waals surface area contributed by atoms with Crippen LogP contribution < -0.4 is 10.1 Å². The molecule has 1 aromatic heterocycles. The highest BCUT2D eigenvalue weighted by Gasteiger charge is 2.21. The minimum absolute atomic E-state index is 0.139. The first-order valence-corrected chi connectivity index (χ1v) is 7.69. The van der Waals surface area contributed by atoms with E-state index in [1.165, 1.54) is 21.6 Å². The number of hydrogen-bond acceptors (Lipinski definition) is 4. The normalized spacial score (nSPS) is 12.4. The highest BCUT2D eigenvalue weighted by atomic mass is 32.1. The fraction of sp³-hybridized carbons (Fsp3) is 0.438. The Bertz CT molecular complexity index is 592. The third-order valence-electron chi connectivity index (χ3n) is 3.55. The number of aryl methyl sites for hydroxylation is 2. The molecule has 0 saturated carbocycles. The fourth-order valence-corrected chi connectivity index (χ4v) is 3.27. The van der Waals surface area contributed by atoms with Gasteiger partial charge in [-0.2, -0.15) is 0 Å². The van der Waals surface area contributed by atoms with Crippen LogP contribution in [0.25, 0.3) is 0 Å². The number of methoxy groups -OCH3 is 1. The molecule has 1 aromatic carbocycles. The van der Waals surface area contributed by atoms with Crippen LogP contribution in [-0.2, 0) is 0 Å². The number of aromatic nitrogens is 1. The molecule has 1 heterocycles. The number of rotatable bonds is 5. The Morgan fingerprint density at radius 1 is 1.30 bits per heavy atom. The smallest absolute Gasteiger partial charge is 0.127 e. The molecule has 0 aliphatic carbocycles. The molecular weight excluding hydrogens is 268 g/mol. The zero-order chi connectivity index (χ0) is 14.7. The molecular formula is C16H22N2OS. The molecule has 2 rings (SSSR count). The van der Waals surface area contributed by atoms with E-state index in [0.29, 0.717) is 0 Å². The first-order valence-electron chi connectivity index (χ1n) is 6.88. The standard InChI is InChI=1S/C16H22N2OS/c1-6-17-15(14-9-18-12(4)20-14)13-8-7-10(2)11(3)16(13)19-5/h7-9,15,17H,6H2,1-5H3. The van der Waals surface area contributed by atoms with Crippen LogP contribution in [-0.4, -0.2) is 18.6 Å². The van der Waals surface area contributed by atoms with Crippen LogP contribution in [0.2, 0.25) is 0 Å². The van der Waals surface area contributed by atoms with Crippen molar-refractivity contribution in [1.82, 2.24) is 10.3 Å². The average Bonchev–Trinajstić information content (AvgIpc) is 2.86. The molecule has 1 unspecified atom stereocenters. The van der Waals surface area contributed by atoms with Crippen LogP contribution in [0.1, 0.15) is 39.5 Å². The first kappa shape index (κ1) is 15.0. The second-order valence-corrected chi connectivity index (χ2v) is 6.17. The summed E-state index contributed by atoms with van der Waals surface area (Å²) >= 11 is 1.73. The Hall–Kier alpha value is -1.39. The number of nitrogens with one attached hydrogen (secondary N) is 1. The van der Waals surface area contributed by atoms with Gasteiger partial charge in [0.1, 0.15) is 5.75 Å². The molecule has 0 bridgehead atoms. The number of thiazole rings is 1. The van der Waals surface area contributed by atoms with E-state index in [9.17, 15) is 0 Å². The van der Waals surface area contributed by atoms with Gasteiger partial charge in [0.05, 0.1) is 18.2 Å². The molecule has 0 radical (unpaired) electrons. The van der Waals surface area contributed by atoms with Crippen molar-refractivity contribution in [2.24, 2.45) is 0 Å². The maximum atomic E-state index is 5.66. The van der Waals surface area contributed by atoms with Gasteiger partial charge in [0.15, 0.2) is 0 Å². The van der Waals surface area contributed by atoms with Gasteiger partial charge in [0.25, 0.3) is 0 Å². The maximum Gasteiger partial charge on any atom is 0.127 e. The molecule has 108 valence electrons. The summed E-state index contributed by atoms with van der Waals surface area (Å²) in [6.07, 6.45) is 1.96. The van der Waals surface area contributed by atoms with Crippen LogP contribution in [0.4, 0.5) is 0 Å². The maximum absolute atomic E-state index is 5.66. The van der Waals surface area contributed by atoms with E-state index < -0.39 is 0 Å². The summed E-state index contributed by atoms with van der Waals surface area (Å²) in [4.78, 5) is 5.61. The summed E-state index contributed by atoms with van der Waals surface area (Å²) in [5.41, 5.74) is 3.64. The number of ether oxygens (including phenoxy) is 1. The summed E-state index contributed by atoms with van der Waals surface area (Å²) < 4.78 is 5.66. The van der Waals surface area contributed by atoms with Crippen molar-refractivity contribution >= 4 is 11.3 Å². The van der Waals surface area contributed by atoms with Gasteiger partial charge in [-0.1, -0.05) is 19.1 Å². The third-order valence-corrected chi connectivity index (χ3v) is 4.53. The fourth-order valence-electron chi connectivity index (χ4n) is 2.39. The SMILES string of the molecule is CCNC(c1cnc(C)s1)c1ccc(C)c(C)c1OC. The molecule has 2 aromatic rings. The van der Waals surface area contributed by atoms with Crippen LogP contribution >= 0.6 is 11.3 Å². The van der Waals surface area contributed by atoms with Gasteiger partial charge in [0.2, 0.25) is 0 Å². The van der Waals surface area contributed by atoms with E-state index in [1.807, 2.05) is 13.1 Å². The molecule has 0 aliphatic heterocycles. The van der Waals surface area contributed by atoms with Crippen molar-refractivity contribution < 1.29 is 4.74 Å². The van der Waals surface area contributed by atoms with Gasteiger partial charge < -0.3 is 10.1 Å². The number of benzene rings is 1. The molecule has 0 spiro atoms. The minimum atomic E-state index is 0.139. The van der Waals surface area contributed by atoms with Crippen molar-refractivity contribution in [3.05, 3.63) is 44.9 Å². The highest BCUT2D eigenvalue weighted by Crippen LogP contribution is 2.35. The topological polar surface area (TPSA) is 34.2 Å². The van der Waals surface area contributed by atoms with E-state index in [1.54, 1.807) is 18.4 Å². The molecule has 0 amide bonds. The van der Waals surface area contributed by atoms with E-state index in [-0.39, 0.29) is 6.04 Å². The summed E-state index contributed by atoms with van der Waals surface area (Å²) in [5, 5.41) is 4.63. The van der Waals surface area contributed by atoms with Crippen molar-refractivity contribution in [3.63, 3.8) is 0 Å². The Morgan fingerprint density at radius 2 is 2.05 bits per heavy atom. The largest absolute Gasteiger partial charge is 0.496 e. The van der Waals surface area contributed by atoms with Gasteiger partial charge in [-0.3, -0.25) is 0 Å². The molecule has 0 aliphatic rings. The Morgan fingerprint density at radius 3 is 2.60 bits per heavy atom. The highest BCUT2D eigenvalue weighted by molar-refractivity contribution is 7.11. The average molecular weight is 290 g/mol. The molecule has 4 heteroatoms. The van der Waals surface area contributed by atoms with Crippen molar-refractivity contribution in [1.29, 1.82) is 0 Å². The van der Waals surface area contributed by atoms with Crippen molar-refractivity contribution in [3.8, 4) is 5.75 Å². The summed E-state index contributed by atoms with van der Waals surface area (Å²) in [6, 6.07) is 4.45. The summed E-state index contributed by atoms with van der Waals surface area (Å²) in [5.74, 6) is 0.974. The van der Waals surface area contributed by atoms with E-state index >= 15 is 0 Å². The van der Waals surface area contributed by atoms with Gasteiger partial charge in [0, 0.05) is 16.6 Å². The van der Waals surface area contributed by atoms with Crippen LogP contribution in [0.15, 0.2) is 18.3 Å². The Kier molecular flexibility index (Phi) is 4.78. The van der Waals surface area contributed by atoms with Gasteiger partial charge in [-0.15, -0.1) is 11.3 Å². The predicted octanol–water partition coefficient (Wildman–Crippen LogP) is 3.78. The Balaban J connectivity index is 2.52. The molecule has 1 atom stereocenters. The quantitative estimate of drug-likeness (QED) is 0.910. The van der Waals surface area contributed by atoms with Crippen molar-refractivity contribution in [2.45, 2.75) is 33.7 Å². The lowest BCUT2D eigenvalue weighted by Crippen LogP contribution is -2.22. The second-order valence-electron chi connectivity index (χ2n) is 4.90. The zero-order valence-electron chi connectivity index (χ0n) is 12.8. The molecule has 0 saturated heterocycles. The van der Waals surface area contributed by atoms with Gasteiger partial charge >= 0.3 is 0 Å². The Labute approximate surface area is 125 Å². The monoisotopic (exact) mass is 290 g/mol. The van der Waals surface area contributed by atoms with E-state index in [0.717, 1.165) is 17.3 Å². The number of nitrogens with zero attached hydrogens (tertiary/aromatic N) is 1. The first-order chi connectivity index (χ1) is 9.58. The lowest BCUT2D eigenvalue weighted by molar-refractivity contribution is 0.401. The summed E-state index contributed by atoms with van der Waals surface area (Å²) in [7, 11) is 1.74. The molecule has 20 heavy (non-hydrogen) atoms. The minimum Gasteiger partial charge on any atom is -0.496 e. The molecule has 1 N–H and O–H groups in total. The van der Waals surface area contributed by atoms with Gasteiger partial charge in [-0.05, 0) is 38.4 Å². The molecule has 3 nitrogen and oxygen atoms in total. The lowest BCUT2D eigenvalue weighted by atomic mass is 9.98. The summed E-state index contributed by atoms with van der Waals surface area (Å²) in [6.45, 7) is 9.28. The lowest BCUT2D eigenvalue weighted by Gasteiger charge is -2.21. The third kappa shape index (κ3) is 2.86. The van der Waals surface area contributed by atoms with E-state index in [2.05, 4.69) is 43.2 Å². The van der Waals surface area contributed by atoms with Crippen molar-refractivity contribution in [2.75, 3.05) is 13.7 Å². The zero-order valence-corrected chi connectivity index (χ0v) is 13.6. The van der Waals surface area contributed by atoms with Crippen LogP contribution in [0, 0.1) is 20.8 Å². The number of hydrogen-bond donors (Lipinski definition) is 1. The van der Waals surface area contributed by atoms with Gasteiger partial charge in [-0.25, -0.2) is 4.98 Å². The predicted molar refractivity (Wildman–Crippen MR) is 84.8 cm³/mol. The second kappa shape index (κ2) is 6.37. The van der Waals surface area contributed by atoms with E-state index in [4.69, 9.17) is 4.74 Å². The molecule has 0 fully saturated rings. The van der Waals surface area contributed by atoms with Crippen LogP contribution in [0.5, 0.6) is 5.75 Å².